The first-order valence-electron chi connectivity index (χ1n) is 7.69. The van der Waals surface area contributed by atoms with Crippen molar-refractivity contribution in [1.82, 2.24) is 14.9 Å². The molecule has 0 saturated heterocycles. The average Bonchev–Trinajstić information content (AvgIpc) is 2.90. The molecule has 0 atom stereocenters. The van der Waals surface area contributed by atoms with Crippen molar-refractivity contribution in [1.29, 1.82) is 0 Å². The van der Waals surface area contributed by atoms with Gasteiger partial charge in [0, 0.05) is 24.3 Å². The topological polar surface area (TPSA) is 84.1 Å². The van der Waals surface area contributed by atoms with Crippen LogP contribution in [-0.4, -0.2) is 39.9 Å². The molecule has 1 aromatic heterocycles. The normalized spacial score (nSPS) is 15.6. The van der Waals surface area contributed by atoms with E-state index < -0.39 is 0 Å². The summed E-state index contributed by atoms with van der Waals surface area (Å²) in [6.45, 7) is 5.67. The van der Waals surface area contributed by atoms with E-state index in [1.807, 2.05) is 19.9 Å². The fourth-order valence-corrected chi connectivity index (χ4v) is 2.94. The molecule has 0 aromatic carbocycles. The first-order valence-corrected chi connectivity index (χ1v) is 7.69. The Labute approximate surface area is 126 Å². The highest BCUT2D eigenvalue weighted by molar-refractivity contribution is 5.75. The maximum absolute atomic E-state index is 11.3. The van der Waals surface area contributed by atoms with E-state index >= 15 is 0 Å². The van der Waals surface area contributed by atoms with Gasteiger partial charge < -0.3 is 11.1 Å². The third-order valence-corrected chi connectivity index (χ3v) is 3.80. The van der Waals surface area contributed by atoms with E-state index in [9.17, 15) is 4.79 Å². The van der Waals surface area contributed by atoms with Gasteiger partial charge in [-0.05, 0) is 26.7 Å². The molecule has 1 saturated carbocycles. The van der Waals surface area contributed by atoms with E-state index in [0.29, 0.717) is 12.6 Å². The number of aromatic nitrogens is 2. The summed E-state index contributed by atoms with van der Waals surface area (Å²) in [6, 6.07) is 2.35. The molecule has 1 heterocycles. The van der Waals surface area contributed by atoms with Gasteiger partial charge in [0.15, 0.2) is 0 Å². The zero-order valence-corrected chi connectivity index (χ0v) is 12.9. The molecule has 2 rings (SSSR count). The Morgan fingerprint density at radius 2 is 2.14 bits per heavy atom. The van der Waals surface area contributed by atoms with Gasteiger partial charge in [0.2, 0.25) is 5.91 Å². The van der Waals surface area contributed by atoms with Crippen LogP contribution in [0.3, 0.4) is 0 Å². The number of carbonyl (C=O) groups excluding carboxylic acids is 1. The van der Waals surface area contributed by atoms with Gasteiger partial charge in [0.25, 0.3) is 0 Å². The minimum absolute atomic E-state index is 0.276. The third-order valence-electron chi connectivity index (χ3n) is 3.80. The van der Waals surface area contributed by atoms with Gasteiger partial charge in [-0.25, -0.2) is 9.97 Å². The van der Waals surface area contributed by atoms with E-state index in [0.717, 1.165) is 36.7 Å². The molecule has 1 fully saturated rings. The third kappa shape index (κ3) is 4.67. The van der Waals surface area contributed by atoms with Crippen molar-refractivity contribution in [3.05, 3.63) is 17.6 Å². The summed E-state index contributed by atoms with van der Waals surface area (Å²) in [4.78, 5) is 22.5. The molecule has 21 heavy (non-hydrogen) atoms. The van der Waals surface area contributed by atoms with Gasteiger partial charge in [-0.3, -0.25) is 9.69 Å². The van der Waals surface area contributed by atoms with E-state index in [-0.39, 0.29) is 12.5 Å². The fraction of sp³-hybridized carbons (Fsp3) is 0.667. The monoisotopic (exact) mass is 291 g/mol. The van der Waals surface area contributed by atoms with Crippen LogP contribution in [0, 0.1) is 6.92 Å². The zero-order chi connectivity index (χ0) is 15.2. The Morgan fingerprint density at radius 3 is 2.76 bits per heavy atom. The molecule has 116 valence electrons. The maximum Gasteiger partial charge on any atom is 0.231 e. The zero-order valence-electron chi connectivity index (χ0n) is 12.9. The minimum Gasteiger partial charge on any atom is -0.370 e. The molecule has 0 radical (unpaired) electrons. The summed E-state index contributed by atoms with van der Waals surface area (Å²) in [5.41, 5.74) is 6.32. The number of anilines is 1. The van der Waals surface area contributed by atoms with Crippen molar-refractivity contribution in [2.45, 2.75) is 52.1 Å². The predicted octanol–water partition coefficient (Wildman–Crippen LogP) is 1.45. The molecule has 0 unspecified atom stereocenters. The Morgan fingerprint density at radius 1 is 1.43 bits per heavy atom. The van der Waals surface area contributed by atoms with Gasteiger partial charge in [-0.15, -0.1) is 0 Å². The Hall–Kier alpha value is -1.69. The quantitative estimate of drug-likeness (QED) is 0.794. The van der Waals surface area contributed by atoms with Crippen molar-refractivity contribution >= 4 is 11.7 Å². The molecule has 6 heteroatoms. The highest BCUT2D eigenvalue weighted by atomic mass is 16.1. The molecule has 0 aliphatic heterocycles. The highest BCUT2D eigenvalue weighted by Crippen LogP contribution is 2.24. The van der Waals surface area contributed by atoms with Gasteiger partial charge in [-0.2, -0.15) is 0 Å². The second-order valence-corrected chi connectivity index (χ2v) is 5.65. The number of rotatable bonds is 7. The summed E-state index contributed by atoms with van der Waals surface area (Å²) < 4.78 is 0. The Balaban J connectivity index is 2.12. The van der Waals surface area contributed by atoms with Crippen LogP contribution in [-0.2, 0) is 11.3 Å². The fourth-order valence-electron chi connectivity index (χ4n) is 2.94. The first-order chi connectivity index (χ1) is 10.1. The second kappa shape index (κ2) is 7.36. The van der Waals surface area contributed by atoms with E-state index in [2.05, 4.69) is 20.2 Å². The van der Waals surface area contributed by atoms with Crippen LogP contribution in [0.15, 0.2) is 6.07 Å². The molecule has 1 aliphatic rings. The molecule has 6 nitrogen and oxygen atoms in total. The van der Waals surface area contributed by atoms with Crippen LogP contribution < -0.4 is 11.1 Å². The number of nitrogens with zero attached hydrogens (tertiary/aromatic N) is 3. The van der Waals surface area contributed by atoms with Crippen molar-refractivity contribution in [2.75, 3.05) is 18.4 Å². The maximum atomic E-state index is 11.3. The van der Waals surface area contributed by atoms with E-state index in [4.69, 9.17) is 5.73 Å². The molecule has 1 aromatic rings. The number of hydrogen-bond donors (Lipinski definition) is 2. The largest absolute Gasteiger partial charge is 0.370 e. The number of amides is 1. The first kappa shape index (κ1) is 15.7. The summed E-state index contributed by atoms with van der Waals surface area (Å²) in [7, 11) is 0. The molecule has 0 bridgehead atoms. The smallest absolute Gasteiger partial charge is 0.231 e. The predicted molar refractivity (Wildman–Crippen MR) is 82.8 cm³/mol. The molecule has 3 N–H and O–H groups in total. The van der Waals surface area contributed by atoms with Crippen LogP contribution >= 0.6 is 0 Å². The van der Waals surface area contributed by atoms with Crippen LogP contribution in [0.25, 0.3) is 0 Å². The second-order valence-electron chi connectivity index (χ2n) is 5.65. The summed E-state index contributed by atoms with van der Waals surface area (Å²) >= 11 is 0. The SMILES string of the molecule is CCNc1cc(C)nc(CN(CC(N)=O)C2CCCC2)n1. The van der Waals surface area contributed by atoms with Crippen molar-refractivity contribution in [2.24, 2.45) is 5.73 Å². The summed E-state index contributed by atoms with van der Waals surface area (Å²) in [5, 5.41) is 3.21. The number of hydrogen-bond acceptors (Lipinski definition) is 5. The van der Waals surface area contributed by atoms with Crippen LogP contribution in [0.2, 0.25) is 0 Å². The van der Waals surface area contributed by atoms with Gasteiger partial charge in [-0.1, -0.05) is 12.8 Å². The van der Waals surface area contributed by atoms with Crippen molar-refractivity contribution in [3.63, 3.8) is 0 Å². The summed E-state index contributed by atoms with van der Waals surface area (Å²) in [6.07, 6.45) is 4.69. The molecular weight excluding hydrogens is 266 g/mol. The minimum atomic E-state index is -0.290. The number of aryl methyl sites for hydroxylation is 1. The number of nitrogens with two attached hydrogens (primary N) is 1. The van der Waals surface area contributed by atoms with Gasteiger partial charge in [0.05, 0.1) is 13.1 Å². The number of carbonyl (C=O) groups is 1. The lowest BCUT2D eigenvalue weighted by atomic mass is 10.2. The molecule has 1 amide bonds. The Bertz CT molecular complexity index is 485. The van der Waals surface area contributed by atoms with Crippen LogP contribution in [0.1, 0.15) is 44.1 Å². The lowest BCUT2D eigenvalue weighted by Crippen LogP contribution is -2.40. The highest BCUT2D eigenvalue weighted by Gasteiger charge is 2.24. The van der Waals surface area contributed by atoms with Crippen LogP contribution in [0.4, 0.5) is 5.82 Å². The number of primary amides is 1. The lowest BCUT2D eigenvalue weighted by Gasteiger charge is -2.26. The van der Waals surface area contributed by atoms with Crippen molar-refractivity contribution in [3.8, 4) is 0 Å². The molecular formula is C15H25N5O. The standard InChI is InChI=1S/C15H25N5O/c1-3-17-14-8-11(2)18-15(19-14)10-20(9-13(16)21)12-6-4-5-7-12/h8,12H,3-7,9-10H2,1-2H3,(H2,16,21)(H,17,18,19). The Kier molecular flexibility index (Phi) is 5.50. The summed E-state index contributed by atoms with van der Waals surface area (Å²) in [5.74, 6) is 1.30. The average molecular weight is 291 g/mol. The van der Waals surface area contributed by atoms with Crippen LogP contribution in [0.5, 0.6) is 0 Å². The van der Waals surface area contributed by atoms with Crippen molar-refractivity contribution < 1.29 is 4.79 Å². The number of nitrogens with one attached hydrogen (secondary N) is 1. The van der Waals surface area contributed by atoms with Gasteiger partial charge in [0.1, 0.15) is 11.6 Å². The lowest BCUT2D eigenvalue weighted by molar-refractivity contribution is -0.119. The molecule has 1 aliphatic carbocycles. The van der Waals surface area contributed by atoms with E-state index in [1.54, 1.807) is 0 Å². The molecule has 0 spiro atoms. The van der Waals surface area contributed by atoms with E-state index in [1.165, 1.54) is 12.8 Å². The van der Waals surface area contributed by atoms with Gasteiger partial charge >= 0.3 is 0 Å².